The number of piperidine rings is 1. The van der Waals surface area contributed by atoms with E-state index < -0.39 is 0 Å². The standard InChI is InChI=1S/C23H22N2O2/c26-22(20-14-13-18-9-5-6-10-19(18)17-20)25(21-11-3-1-4-12-21)23(27)24-15-7-2-8-16-24/h1,3-6,9-14,17H,2,7-8,15-16H2. The van der Waals surface area contributed by atoms with E-state index in [0.717, 1.165) is 30.0 Å². The molecule has 0 atom stereocenters. The summed E-state index contributed by atoms with van der Waals surface area (Å²) >= 11 is 0. The van der Waals surface area contributed by atoms with Gasteiger partial charge in [-0.25, -0.2) is 9.69 Å². The van der Waals surface area contributed by atoms with Crippen molar-refractivity contribution < 1.29 is 9.59 Å². The number of hydrogen-bond acceptors (Lipinski definition) is 2. The average molecular weight is 358 g/mol. The van der Waals surface area contributed by atoms with Crippen molar-refractivity contribution in [2.24, 2.45) is 0 Å². The summed E-state index contributed by atoms with van der Waals surface area (Å²) < 4.78 is 0. The molecule has 0 spiro atoms. The highest BCUT2D eigenvalue weighted by Crippen LogP contribution is 2.23. The van der Waals surface area contributed by atoms with E-state index in [1.54, 1.807) is 23.1 Å². The summed E-state index contributed by atoms with van der Waals surface area (Å²) in [4.78, 5) is 29.7. The number of amides is 3. The van der Waals surface area contributed by atoms with Gasteiger partial charge in [0.25, 0.3) is 5.91 Å². The number of likely N-dealkylation sites (tertiary alicyclic amines) is 1. The Labute approximate surface area is 159 Å². The average Bonchev–Trinajstić information content (AvgIpc) is 2.75. The molecular weight excluding hydrogens is 336 g/mol. The molecule has 0 radical (unpaired) electrons. The molecule has 4 rings (SSSR count). The predicted octanol–water partition coefficient (Wildman–Crippen LogP) is 5.09. The summed E-state index contributed by atoms with van der Waals surface area (Å²) in [6.07, 6.45) is 3.10. The molecule has 27 heavy (non-hydrogen) atoms. The van der Waals surface area contributed by atoms with Crippen LogP contribution in [0.25, 0.3) is 10.8 Å². The van der Waals surface area contributed by atoms with E-state index >= 15 is 0 Å². The summed E-state index contributed by atoms with van der Waals surface area (Å²) in [5, 5.41) is 2.06. The summed E-state index contributed by atoms with van der Waals surface area (Å²) in [5.41, 5.74) is 1.12. The third-order valence-electron chi connectivity index (χ3n) is 5.03. The Morgan fingerprint density at radius 2 is 1.41 bits per heavy atom. The smallest absolute Gasteiger partial charge is 0.324 e. The van der Waals surface area contributed by atoms with Crippen molar-refractivity contribution in [3.8, 4) is 0 Å². The number of carbonyl (C=O) groups is 2. The fraction of sp³-hybridized carbons (Fsp3) is 0.217. The molecule has 136 valence electrons. The van der Waals surface area contributed by atoms with Gasteiger partial charge in [-0.1, -0.05) is 48.5 Å². The van der Waals surface area contributed by atoms with Crippen molar-refractivity contribution in [2.45, 2.75) is 19.3 Å². The lowest BCUT2D eigenvalue weighted by atomic mass is 10.1. The van der Waals surface area contributed by atoms with Gasteiger partial charge in [0.2, 0.25) is 0 Å². The summed E-state index contributed by atoms with van der Waals surface area (Å²) in [7, 11) is 0. The molecular formula is C23H22N2O2. The van der Waals surface area contributed by atoms with Gasteiger partial charge < -0.3 is 4.90 Å². The number of nitrogens with zero attached hydrogens (tertiary/aromatic N) is 2. The normalized spacial score (nSPS) is 14.1. The molecule has 0 aliphatic carbocycles. The van der Waals surface area contributed by atoms with E-state index in [0.29, 0.717) is 24.3 Å². The molecule has 0 unspecified atom stereocenters. The van der Waals surface area contributed by atoms with Gasteiger partial charge in [-0.15, -0.1) is 0 Å². The first kappa shape index (κ1) is 17.3. The molecule has 1 fully saturated rings. The van der Waals surface area contributed by atoms with Crippen molar-refractivity contribution in [3.63, 3.8) is 0 Å². The van der Waals surface area contributed by atoms with Crippen LogP contribution in [0.3, 0.4) is 0 Å². The highest BCUT2D eigenvalue weighted by atomic mass is 16.2. The molecule has 0 N–H and O–H groups in total. The number of hydrogen-bond donors (Lipinski definition) is 0. The summed E-state index contributed by atoms with van der Waals surface area (Å²) in [5.74, 6) is -0.289. The minimum absolute atomic E-state index is 0.237. The van der Waals surface area contributed by atoms with Crippen molar-refractivity contribution in [2.75, 3.05) is 18.0 Å². The third kappa shape index (κ3) is 3.56. The second-order valence-electron chi connectivity index (χ2n) is 6.87. The van der Waals surface area contributed by atoms with Gasteiger partial charge >= 0.3 is 6.03 Å². The molecule has 4 heteroatoms. The molecule has 0 saturated carbocycles. The molecule has 1 aliphatic heterocycles. The third-order valence-corrected chi connectivity index (χ3v) is 5.03. The van der Waals surface area contributed by atoms with Gasteiger partial charge in [0.15, 0.2) is 0 Å². The van der Waals surface area contributed by atoms with Crippen molar-refractivity contribution >= 4 is 28.4 Å². The van der Waals surface area contributed by atoms with Crippen molar-refractivity contribution in [1.29, 1.82) is 0 Å². The molecule has 3 aromatic carbocycles. The number of carbonyl (C=O) groups excluding carboxylic acids is 2. The van der Waals surface area contributed by atoms with E-state index in [9.17, 15) is 9.59 Å². The molecule has 3 amide bonds. The largest absolute Gasteiger partial charge is 0.331 e. The Morgan fingerprint density at radius 3 is 2.15 bits per heavy atom. The Morgan fingerprint density at radius 1 is 0.741 bits per heavy atom. The van der Waals surface area contributed by atoms with Gasteiger partial charge in [0, 0.05) is 18.7 Å². The van der Waals surface area contributed by atoms with E-state index in [2.05, 4.69) is 0 Å². The van der Waals surface area contributed by atoms with E-state index in [1.165, 1.54) is 4.90 Å². The Kier molecular flexibility index (Phi) is 4.88. The number of urea groups is 1. The predicted molar refractivity (Wildman–Crippen MR) is 108 cm³/mol. The number of benzene rings is 3. The van der Waals surface area contributed by atoms with E-state index in [1.807, 2.05) is 54.6 Å². The molecule has 1 heterocycles. The van der Waals surface area contributed by atoms with Crippen LogP contribution in [0.15, 0.2) is 72.8 Å². The maximum atomic E-state index is 13.4. The van der Waals surface area contributed by atoms with Crippen molar-refractivity contribution in [3.05, 3.63) is 78.4 Å². The number of rotatable bonds is 2. The van der Waals surface area contributed by atoms with Crippen LogP contribution in [0.2, 0.25) is 0 Å². The molecule has 3 aromatic rings. The number of fused-ring (bicyclic) bond motifs is 1. The zero-order chi connectivity index (χ0) is 18.6. The fourth-order valence-corrected chi connectivity index (χ4v) is 3.57. The summed E-state index contributed by atoms with van der Waals surface area (Å²) in [6.45, 7) is 1.40. The van der Waals surface area contributed by atoms with E-state index in [-0.39, 0.29) is 11.9 Å². The van der Waals surface area contributed by atoms with Crippen LogP contribution in [0.1, 0.15) is 29.6 Å². The lowest BCUT2D eigenvalue weighted by Gasteiger charge is -2.32. The van der Waals surface area contributed by atoms with Crippen LogP contribution in [-0.4, -0.2) is 29.9 Å². The number of imide groups is 1. The highest BCUT2D eigenvalue weighted by molar-refractivity contribution is 6.21. The monoisotopic (exact) mass is 358 g/mol. The second kappa shape index (κ2) is 7.62. The Bertz CT molecular complexity index is 962. The minimum Gasteiger partial charge on any atom is -0.324 e. The van der Waals surface area contributed by atoms with Crippen molar-refractivity contribution in [1.82, 2.24) is 4.90 Å². The second-order valence-corrected chi connectivity index (χ2v) is 6.87. The van der Waals surface area contributed by atoms with E-state index in [4.69, 9.17) is 0 Å². The van der Waals surface area contributed by atoms with Gasteiger partial charge in [-0.05, 0) is 54.3 Å². The Balaban J connectivity index is 1.72. The van der Waals surface area contributed by atoms with Crippen LogP contribution in [0, 0.1) is 0 Å². The van der Waals surface area contributed by atoms with Gasteiger partial charge in [-0.2, -0.15) is 0 Å². The van der Waals surface area contributed by atoms with Crippen LogP contribution in [0.5, 0.6) is 0 Å². The zero-order valence-corrected chi connectivity index (χ0v) is 15.2. The van der Waals surface area contributed by atoms with Crippen LogP contribution < -0.4 is 4.90 Å². The molecule has 0 bridgehead atoms. The van der Waals surface area contributed by atoms with Crippen LogP contribution in [0.4, 0.5) is 10.5 Å². The fourth-order valence-electron chi connectivity index (χ4n) is 3.57. The molecule has 4 nitrogen and oxygen atoms in total. The number of para-hydroxylation sites is 1. The topological polar surface area (TPSA) is 40.6 Å². The minimum atomic E-state index is -0.289. The first-order valence-corrected chi connectivity index (χ1v) is 9.41. The quantitative estimate of drug-likeness (QED) is 0.640. The lowest BCUT2D eigenvalue weighted by Crippen LogP contribution is -2.48. The first-order chi connectivity index (χ1) is 13.2. The van der Waals surface area contributed by atoms with Crippen LogP contribution >= 0.6 is 0 Å². The molecule has 1 saturated heterocycles. The Hall–Kier alpha value is -3.14. The SMILES string of the molecule is O=C(c1ccc2ccccc2c1)N(C(=O)N1CCCCC1)c1ccccc1. The number of anilines is 1. The zero-order valence-electron chi connectivity index (χ0n) is 15.2. The van der Waals surface area contributed by atoms with Gasteiger partial charge in [0.05, 0.1) is 5.69 Å². The molecule has 0 aromatic heterocycles. The van der Waals surface area contributed by atoms with Gasteiger partial charge in [0.1, 0.15) is 0 Å². The maximum Gasteiger partial charge on any atom is 0.331 e. The lowest BCUT2D eigenvalue weighted by molar-refractivity contribution is 0.0983. The van der Waals surface area contributed by atoms with Crippen LogP contribution in [-0.2, 0) is 0 Å². The highest BCUT2D eigenvalue weighted by Gasteiger charge is 2.29. The maximum absolute atomic E-state index is 13.4. The molecule has 1 aliphatic rings. The first-order valence-electron chi connectivity index (χ1n) is 9.41. The van der Waals surface area contributed by atoms with Gasteiger partial charge in [-0.3, -0.25) is 4.79 Å². The summed E-state index contributed by atoms with van der Waals surface area (Å²) in [6, 6.07) is 22.4.